The van der Waals surface area contributed by atoms with Crippen molar-refractivity contribution in [3.8, 4) is 11.5 Å². The van der Waals surface area contributed by atoms with Crippen LogP contribution in [0.2, 0.25) is 0 Å². The third-order valence-electron chi connectivity index (χ3n) is 6.24. The predicted octanol–water partition coefficient (Wildman–Crippen LogP) is 1.73. The number of anilines is 1. The Morgan fingerprint density at radius 1 is 1.20 bits per heavy atom. The van der Waals surface area contributed by atoms with Crippen molar-refractivity contribution < 1.29 is 23.8 Å². The SMILES string of the molecule is O=C(Nc1ccc2c(c1)OCO2)[C@@H]1[C@H]2C=C[C@@]3(CN(Cc4ccncc4)C(=O)[C@@H]13)O2. The molecule has 0 radical (unpaired) electrons. The molecule has 2 aromatic rings. The van der Waals surface area contributed by atoms with Crippen LogP contribution < -0.4 is 14.8 Å². The van der Waals surface area contributed by atoms with Gasteiger partial charge in [0.2, 0.25) is 18.6 Å². The van der Waals surface area contributed by atoms with Crippen molar-refractivity contribution in [1.82, 2.24) is 9.88 Å². The minimum Gasteiger partial charge on any atom is -0.454 e. The Kier molecular flexibility index (Phi) is 3.67. The molecular weight excluding hydrogens is 386 g/mol. The molecule has 8 heteroatoms. The van der Waals surface area contributed by atoms with Crippen LogP contribution in [0.4, 0.5) is 5.69 Å². The maximum Gasteiger partial charge on any atom is 0.231 e. The number of nitrogens with zero attached hydrogens (tertiary/aromatic N) is 2. The van der Waals surface area contributed by atoms with E-state index >= 15 is 0 Å². The van der Waals surface area contributed by atoms with Crippen molar-refractivity contribution in [3.63, 3.8) is 0 Å². The third-order valence-corrected chi connectivity index (χ3v) is 6.24. The molecular formula is C22H19N3O5. The summed E-state index contributed by atoms with van der Waals surface area (Å²) in [5.74, 6) is -0.137. The minimum atomic E-state index is -0.730. The summed E-state index contributed by atoms with van der Waals surface area (Å²) in [5.41, 5.74) is 0.866. The molecule has 4 aliphatic heterocycles. The van der Waals surface area contributed by atoms with Gasteiger partial charge >= 0.3 is 0 Å². The molecule has 8 nitrogen and oxygen atoms in total. The molecule has 2 bridgehead atoms. The highest BCUT2D eigenvalue weighted by Gasteiger charge is 2.66. The monoisotopic (exact) mass is 405 g/mol. The van der Waals surface area contributed by atoms with Gasteiger partial charge in [-0.15, -0.1) is 0 Å². The third kappa shape index (κ3) is 2.53. The van der Waals surface area contributed by atoms with E-state index in [9.17, 15) is 9.59 Å². The fraction of sp³-hybridized carbons (Fsp3) is 0.318. The zero-order valence-electron chi connectivity index (χ0n) is 16.0. The van der Waals surface area contributed by atoms with Crippen LogP contribution in [0.25, 0.3) is 0 Å². The van der Waals surface area contributed by atoms with Gasteiger partial charge in [-0.3, -0.25) is 14.6 Å². The molecule has 2 saturated heterocycles. The quantitative estimate of drug-likeness (QED) is 0.780. The van der Waals surface area contributed by atoms with E-state index in [4.69, 9.17) is 14.2 Å². The van der Waals surface area contributed by atoms with E-state index in [1.807, 2.05) is 24.3 Å². The number of hydrogen-bond donors (Lipinski definition) is 1. The molecule has 1 aromatic carbocycles. The smallest absolute Gasteiger partial charge is 0.231 e. The predicted molar refractivity (Wildman–Crippen MR) is 105 cm³/mol. The Bertz CT molecular complexity index is 1070. The van der Waals surface area contributed by atoms with E-state index < -0.39 is 23.5 Å². The molecule has 2 amide bonds. The molecule has 2 fully saturated rings. The number of amides is 2. The average molecular weight is 405 g/mol. The topological polar surface area (TPSA) is 90.0 Å². The van der Waals surface area contributed by atoms with Crippen LogP contribution in [0.1, 0.15) is 5.56 Å². The molecule has 152 valence electrons. The molecule has 1 aromatic heterocycles. The number of aromatic nitrogens is 1. The number of ether oxygens (including phenoxy) is 3. The van der Waals surface area contributed by atoms with Crippen LogP contribution in [0.3, 0.4) is 0 Å². The Balaban J connectivity index is 1.24. The number of rotatable bonds is 4. The van der Waals surface area contributed by atoms with Gasteiger partial charge in [0.25, 0.3) is 0 Å². The van der Waals surface area contributed by atoms with Crippen molar-refractivity contribution in [1.29, 1.82) is 0 Å². The molecule has 4 atom stereocenters. The largest absolute Gasteiger partial charge is 0.454 e. The molecule has 4 aliphatic rings. The molecule has 0 aliphatic carbocycles. The number of nitrogens with one attached hydrogen (secondary N) is 1. The van der Waals surface area contributed by atoms with Gasteiger partial charge in [-0.1, -0.05) is 12.2 Å². The molecule has 6 rings (SSSR count). The zero-order chi connectivity index (χ0) is 20.3. The van der Waals surface area contributed by atoms with Crippen LogP contribution in [-0.2, 0) is 20.9 Å². The van der Waals surface area contributed by atoms with Gasteiger partial charge in [-0.25, -0.2) is 0 Å². The minimum absolute atomic E-state index is 0.0514. The van der Waals surface area contributed by atoms with E-state index in [1.165, 1.54) is 0 Å². The first-order valence-electron chi connectivity index (χ1n) is 9.88. The summed E-state index contributed by atoms with van der Waals surface area (Å²) in [7, 11) is 0. The van der Waals surface area contributed by atoms with Crippen LogP contribution in [-0.4, -0.2) is 46.7 Å². The molecule has 0 saturated carbocycles. The summed E-state index contributed by atoms with van der Waals surface area (Å²) in [6.07, 6.45) is 6.88. The maximum absolute atomic E-state index is 13.3. The van der Waals surface area contributed by atoms with Crippen molar-refractivity contribution >= 4 is 17.5 Å². The summed E-state index contributed by atoms with van der Waals surface area (Å²) >= 11 is 0. The normalized spacial score (nSPS) is 30.1. The lowest BCUT2D eigenvalue weighted by Gasteiger charge is -2.23. The van der Waals surface area contributed by atoms with Crippen LogP contribution in [0.15, 0.2) is 54.9 Å². The summed E-state index contributed by atoms with van der Waals surface area (Å²) < 4.78 is 16.9. The first-order chi connectivity index (χ1) is 14.6. The van der Waals surface area contributed by atoms with Crippen molar-refractivity contribution in [3.05, 3.63) is 60.4 Å². The summed E-state index contributed by atoms with van der Waals surface area (Å²) in [6.45, 7) is 1.08. The van der Waals surface area contributed by atoms with Crippen LogP contribution >= 0.6 is 0 Å². The number of carbonyl (C=O) groups excluding carboxylic acids is 2. The van der Waals surface area contributed by atoms with Gasteiger partial charge in [0.05, 0.1) is 24.5 Å². The fourth-order valence-electron chi connectivity index (χ4n) is 4.92. The maximum atomic E-state index is 13.3. The molecule has 1 spiro atoms. The number of pyridine rings is 1. The van der Waals surface area contributed by atoms with Gasteiger partial charge in [0, 0.05) is 30.7 Å². The summed E-state index contributed by atoms with van der Waals surface area (Å²) in [6, 6.07) is 9.02. The van der Waals surface area contributed by atoms with Gasteiger partial charge in [-0.2, -0.15) is 0 Å². The van der Waals surface area contributed by atoms with E-state index in [0.717, 1.165) is 5.56 Å². The van der Waals surface area contributed by atoms with Crippen LogP contribution in [0.5, 0.6) is 11.5 Å². The number of benzene rings is 1. The number of hydrogen-bond acceptors (Lipinski definition) is 6. The van der Waals surface area contributed by atoms with E-state index in [0.29, 0.717) is 30.3 Å². The van der Waals surface area contributed by atoms with Crippen molar-refractivity contribution in [2.45, 2.75) is 18.2 Å². The average Bonchev–Trinajstić information content (AvgIpc) is 3.50. The van der Waals surface area contributed by atoms with E-state index in [1.54, 1.807) is 35.5 Å². The molecule has 0 unspecified atom stereocenters. The lowest BCUT2D eigenvalue weighted by Crippen LogP contribution is -2.41. The molecule has 5 heterocycles. The second-order valence-electron chi connectivity index (χ2n) is 8.01. The highest BCUT2D eigenvalue weighted by molar-refractivity contribution is 5.99. The fourth-order valence-corrected chi connectivity index (χ4v) is 4.92. The first-order valence-corrected chi connectivity index (χ1v) is 9.88. The second-order valence-corrected chi connectivity index (χ2v) is 8.01. The zero-order valence-corrected chi connectivity index (χ0v) is 16.0. The van der Waals surface area contributed by atoms with Gasteiger partial charge < -0.3 is 24.4 Å². The standard InChI is InChI=1S/C22H19N3O5/c26-20(24-14-1-2-15-17(9-14)29-12-28-15)18-16-3-6-22(30-16)11-25(21(27)19(18)22)10-13-4-7-23-8-5-13/h1-9,16,18-19H,10-12H2,(H,24,26)/t16-,18-,19-,22+/m1/s1. The Hall–Kier alpha value is -3.39. The first kappa shape index (κ1) is 17.5. The number of carbonyl (C=O) groups is 2. The van der Waals surface area contributed by atoms with Gasteiger partial charge in [-0.05, 0) is 29.8 Å². The number of fused-ring (bicyclic) bond motifs is 2. The van der Waals surface area contributed by atoms with Crippen LogP contribution in [0, 0.1) is 11.8 Å². The summed E-state index contributed by atoms with van der Waals surface area (Å²) in [5, 5.41) is 2.93. The van der Waals surface area contributed by atoms with Crippen molar-refractivity contribution in [2.24, 2.45) is 11.8 Å². The lowest BCUT2D eigenvalue weighted by atomic mass is 9.77. The number of likely N-dealkylation sites (tertiary alicyclic amines) is 1. The molecule has 30 heavy (non-hydrogen) atoms. The Morgan fingerprint density at radius 2 is 2.03 bits per heavy atom. The highest BCUT2D eigenvalue weighted by atomic mass is 16.7. The highest BCUT2D eigenvalue weighted by Crippen LogP contribution is 2.52. The van der Waals surface area contributed by atoms with E-state index in [-0.39, 0.29) is 18.6 Å². The van der Waals surface area contributed by atoms with E-state index in [2.05, 4.69) is 10.3 Å². The Morgan fingerprint density at radius 3 is 2.90 bits per heavy atom. The molecule has 1 N–H and O–H groups in total. The van der Waals surface area contributed by atoms with Gasteiger partial charge in [0.1, 0.15) is 5.60 Å². The van der Waals surface area contributed by atoms with Crippen molar-refractivity contribution in [2.75, 3.05) is 18.7 Å². The lowest BCUT2D eigenvalue weighted by molar-refractivity contribution is -0.136. The summed E-state index contributed by atoms with van der Waals surface area (Å²) in [4.78, 5) is 32.2. The second kappa shape index (κ2) is 6.30. The van der Waals surface area contributed by atoms with Gasteiger partial charge in [0.15, 0.2) is 11.5 Å². The Labute approximate surface area is 172 Å².